The molecular formula is C26H31FN2O3. The highest BCUT2D eigenvalue weighted by molar-refractivity contribution is 5.72. The lowest BCUT2D eigenvalue weighted by Crippen LogP contribution is -2.52. The fourth-order valence-corrected chi connectivity index (χ4v) is 4.85. The summed E-state index contributed by atoms with van der Waals surface area (Å²) in [5.41, 5.74) is 1.57. The van der Waals surface area contributed by atoms with Crippen molar-refractivity contribution < 1.29 is 18.7 Å². The van der Waals surface area contributed by atoms with Crippen molar-refractivity contribution in [3.05, 3.63) is 65.5 Å². The maximum absolute atomic E-state index is 13.4. The number of halogens is 1. The molecule has 32 heavy (non-hydrogen) atoms. The molecule has 1 aliphatic carbocycles. The lowest BCUT2D eigenvalue weighted by Gasteiger charge is -2.40. The van der Waals surface area contributed by atoms with Gasteiger partial charge < -0.3 is 14.4 Å². The van der Waals surface area contributed by atoms with Gasteiger partial charge in [0.15, 0.2) is 0 Å². The third-order valence-corrected chi connectivity index (χ3v) is 7.14. The maximum atomic E-state index is 13.4. The molecule has 2 heterocycles. The number of rotatable bonds is 7. The lowest BCUT2D eigenvalue weighted by molar-refractivity contribution is -0.0165. The summed E-state index contributed by atoms with van der Waals surface area (Å²) in [5, 5.41) is 0. The third-order valence-electron chi connectivity index (χ3n) is 7.14. The van der Waals surface area contributed by atoms with Gasteiger partial charge in [0.1, 0.15) is 17.2 Å². The third kappa shape index (κ3) is 4.60. The quantitative estimate of drug-likeness (QED) is 0.632. The first-order valence-corrected chi connectivity index (χ1v) is 11.7. The molecule has 6 heteroatoms. The van der Waals surface area contributed by atoms with Crippen LogP contribution in [0.15, 0.2) is 48.5 Å². The van der Waals surface area contributed by atoms with Crippen LogP contribution in [0.1, 0.15) is 36.8 Å². The van der Waals surface area contributed by atoms with E-state index in [4.69, 9.17) is 9.47 Å². The van der Waals surface area contributed by atoms with Crippen LogP contribution >= 0.6 is 0 Å². The van der Waals surface area contributed by atoms with Crippen LogP contribution in [-0.4, -0.2) is 54.3 Å². The zero-order valence-electron chi connectivity index (χ0n) is 18.6. The van der Waals surface area contributed by atoms with Crippen molar-refractivity contribution in [3.63, 3.8) is 0 Å². The molecule has 2 aliphatic heterocycles. The predicted octanol–water partition coefficient (Wildman–Crippen LogP) is 4.64. The standard InChI is InChI=1S/C26H31FN2O3/c1-28-14-12-26(13-15-28)24(16-19-4-8-22(27)9-5-19)29(25(30)32-26)17-20-6-10-23(11-7-20)31-18-21-2-3-21/h4-11,21,24H,2-3,12-18H2,1H3/t24-/m0/s1. The summed E-state index contributed by atoms with van der Waals surface area (Å²) in [7, 11) is 2.10. The summed E-state index contributed by atoms with van der Waals surface area (Å²) >= 11 is 0. The molecule has 3 aliphatic rings. The number of carbonyl (C=O) groups is 1. The number of amides is 1. The van der Waals surface area contributed by atoms with Gasteiger partial charge in [0, 0.05) is 32.5 Å². The van der Waals surface area contributed by atoms with Gasteiger partial charge in [-0.1, -0.05) is 24.3 Å². The molecule has 5 rings (SSSR count). The Morgan fingerprint density at radius 2 is 1.69 bits per heavy atom. The highest BCUT2D eigenvalue weighted by Gasteiger charge is 2.54. The molecule has 0 bridgehead atoms. The number of carbonyl (C=O) groups excluding carboxylic acids is 1. The smallest absolute Gasteiger partial charge is 0.411 e. The summed E-state index contributed by atoms with van der Waals surface area (Å²) in [6.45, 7) is 3.07. The van der Waals surface area contributed by atoms with Gasteiger partial charge in [0.25, 0.3) is 0 Å². The Hall–Kier alpha value is -2.60. The SMILES string of the molecule is CN1CCC2(CC1)OC(=O)N(Cc1ccc(OCC3CC3)cc1)[C@H]2Cc1ccc(F)cc1. The van der Waals surface area contributed by atoms with E-state index in [0.717, 1.165) is 49.4 Å². The van der Waals surface area contributed by atoms with E-state index in [9.17, 15) is 9.18 Å². The molecule has 0 aromatic heterocycles. The lowest BCUT2D eigenvalue weighted by atomic mass is 9.81. The van der Waals surface area contributed by atoms with Gasteiger partial charge in [-0.25, -0.2) is 9.18 Å². The Balaban J connectivity index is 1.34. The summed E-state index contributed by atoms with van der Waals surface area (Å²) in [4.78, 5) is 17.2. The highest BCUT2D eigenvalue weighted by Crippen LogP contribution is 2.41. The van der Waals surface area contributed by atoms with E-state index in [2.05, 4.69) is 11.9 Å². The van der Waals surface area contributed by atoms with Crippen LogP contribution in [-0.2, 0) is 17.7 Å². The Morgan fingerprint density at radius 3 is 2.34 bits per heavy atom. The van der Waals surface area contributed by atoms with Gasteiger partial charge >= 0.3 is 6.09 Å². The van der Waals surface area contributed by atoms with Crippen LogP contribution in [0.25, 0.3) is 0 Å². The van der Waals surface area contributed by atoms with E-state index in [1.54, 1.807) is 0 Å². The molecule has 1 amide bonds. The monoisotopic (exact) mass is 438 g/mol. The van der Waals surface area contributed by atoms with Crippen molar-refractivity contribution in [2.24, 2.45) is 5.92 Å². The number of nitrogens with zero attached hydrogens (tertiary/aromatic N) is 2. The van der Waals surface area contributed by atoms with Crippen LogP contribution in [0.4, 0.5) is 9.18 Å². The molecule has 1 spiro atoms. The fourth-order valence-electron chi connectivity index (χ4n) is 4.85. The molecule has 1 atom stereocenters. The number of hydrogen-bond acceptors (Lipinski definition) is 4. The molecule has 0 radical (unpaired) electrons. The van der Waals surface area contributed by atoms with Crippen LogP contribution in [0.2, 0.25) is 0 Å². The van der Waals surface area contributed by atoms with Crippen molar-refractivity contribution in [2.75, 3.05) is 26.7 Å². The Bertz CT molecular complexity index is 935. The van der Waals surface area contributed by atoms with Gasteiger partial charge in [-0.05, 0) is 67.6 Å². The summed E-state index contributed by atoms with van der Waals surface area (Å²) < 4.78 is 25.4. The molecular weight excluding hydrogens is 407 g/mol. The van der Waals surface area contributed by atoms with Crippen LogP contribution in [0, 0.1) is 11.7 Å². The maximum Gasteiger partial charge on any atom is 0.411 e. The van der Waals surface area contributed by atoms with Gasteiger partial charge in [-0.15, -0.1) is 0 Å². The zero-order chi connectivity index (χ0) is 22.1. The second kappa shape index (κ2) is 8.74. The van der Waals surface area contributed by atoms with Gasteiger partial charge in [0.2, 0.25) is 0 Å². The summed E-state index contributed by atoms with van der Waals surface area (Å²) in [6.07, 6.45) is 4.55. The average molecular weight is 439 g/mol. The number of likely N-dealkylation sites (tertiary alicyclic amines) is 1. The highest BCUT2D eigenvalue weighted by atomic mass is 19.1. The first kappa shape index (κ1) is 21.3. The Kier molecular flexibility index (Phi) is 5.80. The van der Waals surface area contributed by atoms with Crippen molar-refractivity contribution in [3.8, 4) is 5.75 Å². The first-order chi connectivity index (χ1) is 15.5. The van der Waals surface area contributed by atoms with Gasteiger partial charge in [-0.2, -0.15) is 0 Å². The summed E-state index contributed by atoms with van der Waals surface area (Å²) in [5.74, 6) is 1.34. The second-order valence-corrected chi connectivity index (χ2v) is 9.61. The second-order valence-electron chi connectivity index (χ2n) is 9.61. The van der Waals surface area contributed by atoms with Gasteiger partial charge in [0.05, 0.1) is 12.6 Å². The van der Waals surface area contributed by atoms with E-state index in [1.165, 1.54) is 25.0 Å². The Labute approximate surface area is 189 Å². The van der Waals surface area contributed by atoms with E-state index in [-0.39, 0.29) is 18.0 Å². The molecule has 2 aromatic carbocycles. The first-order valence-electron chi connectivity index (χ1n) is 11.7. The van der Waals surface area contributed by atoms with Crippen molar-refractivity contribution in [1.82, 2.24) is 9.80 Å². The van der Waals surface area contributed by atoms with Crippen LogP contribution < -0.4 is 4.74 Å². The Morgan fingerprint density at radius 1 is 1.03 bits per heavy atom. The average Bonchev–Trinajstić information content (AvgIpc) is 3.59. The van der Waals surface area contributed by atoms with Crippen LogP contribution in [0.5, 0.6) is 5.75 Å². The molecule has 2 saturated heterocycles. The molecule has 3 fully saturated rings. The normalized spacial score (nSPS) is 22.9. The predicted molar refractivity (Wildman–Crippen MR) is 120 cm³/mol. The largest absolute Gasteiger partial charge is 0.493 e. The van der Waals surface area contributed by atoms with Gasteiger partial charge in [-0.3, -0.25) is 4.90 Å². The zero-order valence-corrected chi connectivity index (χ0v) is 18.6. The molecule has 170 valence electrons. The molecule has 1 saturated carbocycles. The molecule has 0 unspecified atom stereocenters. The number of hydrogen-bond donors (Lipinski definition) is 0. The number of ether oxygens (including phenoxy) is 2. The number of piperidine rings is 1. The van der Waals surface area contributed by atoms with Crippen molar-refractivity contribution in [2.45, 2.75) is 50.3 Å². The van der Waals surface area contributed by atoms with E-state index < -0.39 is 5.60 Å². The molecule has 5 nitrogen and oxygen atoms in total. The molecule has 0 N–H and O–H groups in total. The number of benzene rings is 2. The van der Waals surface area contributed by atoms with Crippen molar-refractivity contribution >= 4 is 6.09 Å². The topological polar surface area (TPSA) is 42.0 Å². The van der Waals surface area contributed by atoms with E-state index in [1.807, 2.05) is 41.3 Å². The summed E-state index contributed by atoms with van der Waals surface area (Å²) in [6, 6.07) is 14.5. The molecule has 2 aromatic rings. The minimum atomic E-state index is -0.495. The minimum Gasteiger partial charge on any atom is -0.493 e. The van der Waals surface area contributed by atoms with Crippen molar-refractivity contribution in [1.29, 1.82) is 0 Å². The van der Waals surface area contributed by atoms with E-state index in [0.29, 0.717) is 18.9 Å². The van der Waals surface area contributed by atoms with Crippen LogP contribution in [0.3, 0.4) is 0 Å². The van der Waals surface area contributed by atoms with E-state index >= 15 is 0 Å². The fraction of sp³-hybridized carbons (Fsp3) is 0.500. The minimum absolute atomic E-state index is 0.0834.